The molecule has 4 nitrogen and oxygen atoms in total. The smallest absolute Gasteiger partial charge is 0.312 e. The monoisotopic (exact) mass is 226 g/mol. The number of carbonyl (C=O) groups excluding carboxylic acids is 2. The summed E-state index contributed by atoms with van der Waals surface area (Å²) in [5.41, 5.74) is 0. The normalized spacial score (nSPS) is 15.2. The van der Waals surface area contributed by atoms with Crippen LogP contribution in [0.5, 0.6) is 0 Å². The number of hydrogen-bond donors (Lipinski definition) is 0. The first kappa shape index (κ1) is 13.0. The van der Waals surface area contributed by atoms with Crippen molar-refractivity contribution in [2.24, 2.45) is 0 Å². The molecule has 0 N–H and O–H groups in total. The van der Waals surface area contributed by atoms with E-state index in [9.17, 15) is 9.59 Å². The SMILES string of the molecule is CCCN(CCC)C(=O)C(=O)N1CCCC1. The molecule has 4 heteroatoms. The summed E-state index contributed by atoms with van der Waals surface area (Å²) >= 11 is 0. The summed E-state index contributed by atoms with van der Waals surface area (Å²) in [6.45, 7) is 6.92. The van der Waals surface area contributed by atoms with E-state index in [4.69, 9.17) is 0 Å². The molecule has 0 spiro atoms. The molecule has 0 aliphatic carbocycles. The summed E-state index contributed by atoms with van der Waals surface area (Å²) in [6.07, 6.45) is 3.86. The number of amides is 2. The standard InChI is InChI=1S/C12H22N2O2/c1-3-7-13(8-4-2)11(15)12(16)14-9-5-6-10-14/h3-10H2,1-2H3. The van der Waals surface area contributed by atoms with Crippen LogP contribution in [-0.4, -0.2) is 47.8 Å². The van der Waals surface area contributed by atoms with Gasteiger partial charge in [0.15, 0.2) is 0 Å². The summed E-state index contributed by atoms with van der Waals surface area (Å²) in [5, 5.41) is 0. The van der Waals surface area contributed by atoms with Crippen molar-refractivity contribution < 1.29 is 9.59 Å². The number of rotatable bonds is 4. The lowest BCUT2D eigenvalue weighted by Crippen LogP contribution is -2.44. The van der Waals surface area contributed by atoms with Gasteiger partial charge in [-0.1, -0.05) is 13.8 Å². The maximum Gasteiger partial charge on any atom is 0.312 e. The third-order valence-electron chi connectivity index (χ3n) is 2.85. The van der Waals surface area contributed by atoms with E-state index in [0.717, 1.165) is 38.8 Å². The third kappa shape index (κ3) is 3.22. The highest BCUT2D eigenvalue weighted by Gasteiger charge is 2.27. The molecular formula is C12H22N2O2. The first-order valence-electron chi connectivity index (χ1n) is 6.28. The van der Waals surface area contributed by atoms with Crippen LogP contribution >= 0.6 is 0 Å². The van der Waals surface area contributed by atoms with Crippen LogP contribution in [0.4, 0.5) is 0 Å². The second-order valence-electron chi connectivity index (χ2n) is 4.29. The number of carbonyl (C=O) groups is 2. The molecule has 0 atom stereocenters. The minimum atomic E-state index is -0.314. The van der Waals surface area contributed by atoms with E-state index < -0.39 is 0 Å². The zero-order valence-electron chi connectivity index (χ0n) is 10.4. The topological polar surface area (TPSA) is 40.6 Å². The summed E-state index contributed by atoms with van der Waals surface area (Å²) in [6, 6.07) is 0. The molecule has 0 saturated carbocycles. The molecule has 1 rings (SSSR count). The van der Waals surface area contributed by atoms with E-state index in [2.05, 4.69) is 0 Å². The number of likely N-dealkylation sites (tertiary alicyclic amines) is 1. The fourth-order valence-electron chi connectivity index (χ4n) is 2.05. The van der Waals surface area contributed by atoms with E-state index in [1.54, 1.807) is 9.80 Å². The number of nitrogens with zero attached hydrogens (tertiary/aromatic N) is 2. The van der Waals surface area contributed by atoms with Crippen LogP contribution in [0.15, 0.2) is 0 Å². The summed E-state index contributed by atoms with van der Waals surface area (Å²) in [5.74, 6) is -0.620. The molecule has 2 amide bonds. The van der Waals surface area contributed by atoms with Crippen molar-refractivity contribution in [1.29, 1.82) is 0 Å². The summed E-state index contributed by atoms with van der Waals surface area (Å²) < 4.78 is 0. The predicted octanol–water partition coefficient (Wildman–Crippen LogP) is 1.26. The van der Waals surface area contributed by atoms with E-state index in [-0.39, 0.29) is 11.8 Å². The fraction of sp³-hybridized carbons (Fsp3) is 0.833. The highest BCUT2D eigenvalue weighted by molar-refractivity contribution is 6.34. The van der Waals surface area contributed by atoms with Gasteiger partial charge >= 0.3 is 11.8 Å². The lowest BCUT2D eigenvalue weighted by atomic mass is 10.3. The van der Waals surface area contributed by atoms with Gasteiger partial charge in [-0.05, 0) is 25.7 Å². The van der Waals surface area contributed by atoms with Gasteiger partial charge in [-0.2, -0.15) is 0 Å². The van der Waals surface area contributed by atoms with Crippen LogP contribution in [0.2, 0.25) is 0 Å². The summed E-state index contributed by atoms with van der Waals surface area (Å²) in [4.78, 5) is 27.2. The zero-order chi connectivity index (χ0) is 12.0. The molecule has 0 unspecified atom stereocenters. The molecule has 1 aliphatic heterocycles. The lowest BCUT2D eigenvalue weighted by Gasteiger charge is -2.23. The van der Waals surface area contributed by atoms with E-state index in [1.807, 2.05) is 13.8 Å². The molecule has 92 valence electrons. The van der Waals surface area contributed by atoms with Gasteiger partial charge in [0, 0.05) is 26.2 Å². The molecule has 1 heterocycles. The molecule has 0 aromatic heterocycles. The fourth-order valence-corrected chi connectivity index (χ4v) is 2.05. The molecular weight excluding hydrogens is 204 g/mol. The van der Waals surface area contributed by atoms with E-state index in [0.29, 0.717) is 13.1 Å². The Morgan fingerprint density at radius 2 is 1.56 bits per heavy atom. The molecule has 0 aromatic carbocycles. The molecule has 1 fully saturated rings. The van der Waals surface area contributed by atoms with Crippen molar-refractivity contribution in [3.05, 3.63) is 0 Å². The van der Waals surface area contributed by atoms with E-state index in [1.165, 1.54) is 0 Å². The van der Waals surface area contributed by atoms with Gasteiger partial charge in [-0.15, -0.1) is 0 Å². The van der Waals surface area contributed by atoms with Gasteiger partial charge in [-0.3, -0.25) is 9.59 Å². The highest BCUT2D eigenvalue weighted by Crippen LogP contribution is 2.09. The first-order valence-corrected chi connectivity index (χ1v) is 6.28. The van der Waals surface area contributed by atoms with Crippen LogP contribution in [0.3, 0.4) is 0 Å². The minimum absolute atomic E-state index is 0.306. The second-order valence-corrected chi connectivity index (χ2v) is 4.29. The Hall–Kier alpha value is -1.06. The van der Waals surface area contributed by atoms with Crippen molar-refractivity contribution in [3.8, 4) is 0 Å². The van der Waals surface area contributed by atoms with Crippen LogP contribution in [0, 0.1) is 0 Å². The maximum atomic E-state index is 11.9. The van der Waals surface area contributed by atoms with Gasteiger partial charge < -0.3 is 9.80 Å². The Morgan fingerprint density at radius 1 is 1.06 bits per heavy atom. The Morgan fingerprint density at radius 3 is 2.00 bits per heavy atom. The predicted molar refractivity (Wildman–Crippen MR) is 63.0 cm³/mol. The molecule has 1 saturated heterocycles. The van der Waals surface area contributed by atoms with Gasteiger partial charge in [0.05, 0.1) is 0 Å². The Balaban J connectivity index is 2.54. The molecule has 0 aromatic rings. The Kier molecular flexibility index (Phi) is 5.29. The van der Waals surface area contributed by atoms with Crippen molar-refractivity contribution in [3.63, 3.8) is 0 Å². The van der Waals surface area contributed by atoms with Crippen molar-refractivity contribution in [1.82, 2.24) is 9.80 Å². The molecule has 0 radical (unpaired) electrons. The second kappa shape index (κ2) is 6.51. The van der Waals surface area contributed by atoms with E-state index >= 15 is 0 Å². The van der Waals surface area contributed by atoms with Crippen LogP contribution < -0.4 is 0 Å². The largest absolute Gasteiger partial charge is 0.334 e. The van der Waals surface area contributed by atoms with Gasteiger partial charge in [0.25, 0.3) is 0 Å². The van der Waals surface area contributed by atoms with Crippen LogP contribution in [0.25, 0.3) is 0 Å². The van der Waals surface area contributed by atoms with Gasteiger partial charge in [0.1, 0.15) is 0 Å². The average Bonchev–Trinajstić information content (AvgIpc) is 2.80. The third-order valence-corrected chi connectivity index (χ3v) is 2.85. The van der Waals surface area contributed by atoms with Crippen molar-refractivity contribution in [2.75, 3.05) is 26.2 Å². The Labute approximate surface area is 97.6 Å². The average molecular weight is 226 g/mol. The van der Waals surface area contributed by atoms with Gasteiger partial charge in [0.2, 0.25) is 0 Å². The van der Waals surface area contributed by atoms with Crippen LogP contribution in [0.1, 0.15) is 39.5 Å². The summed E-state index contributed by atoms with van der Waals surface area (Å²) in [7, 11) is 0. The molecule has 0 bridgehead atoms. The Bertz CT molecular complexity index is 241. The van der Waals surface area contributed by atoms with Crippen molar-refractivity contribution in [2.45, 2.75) is 39.5 Å². The maximum absolute atomic E-state index is 11.9. The number of hydrogen-bond acceptors (Lipinski definition) is 2. The molecule has 16 heavy (non-hydrogen) atoms. The molecule has 1 aliphatic rings. The van der Waals surface area contributed by atoms with Gasteiger partial charge in [-0.25, -0.2) is 0 Å². The van der Waals surface area contributed by atoms with Crippen LogP contribution in [-0.2, 0) is 9.59 Å². The zero-order valence-corrected chi connectivity index (χ0v) is 10.4. The van der Waals surface area contributed by atoms with Crippen molar-refractivity contribution >= 4 is 11.8 Å². The highest BCUT2D eigenvalue weighted by atomic mass is 16.2. The lowest BCUT2D eigenvalue weighted by molar-refractivity contribution is -0.151. The first-order chi connectivity index (χ1) is 7.70. The quantitative estimate of drug-likeness (QED) is 0.677. The minimum Gasteiger partial charge on any atom is -0.334 e.